The van der Waals surface area contributed by atoms with E-state index in [4.69, 9.17) is 0 Å². The Kier molecular flexibility index (Phi) is 7.05. The summed E-state index contributed by atoms with van der Waals surface area (Å²) in [5.41, 5.74) is 6.35. The van der Waals surface area contributed by atoms with Crippen LogP contribution < -0.4 is 5.32 Å². The lowest BCUT2D eigenvalue weighted by Crippen LogP contribution is -2.29. The van der Waals surface area contributed by atoms with E-state index in [0.717, 1.165) is 13.0 Å². The third-order valence-electron chi connectivity index (χ3n) is 5.55. The van der Waals surface area contributed by atoms with Crippen LogP contribution in [0.1, 0.15) is 53.5 Å². The van der Waals surface area contributed by atoms with Crippen LogP contribution in [-0.4, -0.2) is 23.9 Å². The average Bonchev–Trinajstić information content (AvgIpc) is 2.68. The van der Waals surface area contributed by atoms with Gasteiger partial charge in [-0.1, -0.05) is 48.9 Å². The Bertz CT molecular complexity index is 763. The molecule has 0 aromatic heterocycles. The third kappa shape index (κ3) is 6.21. The largest absolute Gasteiger partial charge is 0.352 e. The minimum Gasteiger partial charge on any atom is -0.352 e. The molecule has 3 nitrogen and oxygen atoms in total. The molecule has 0 atom stereocenters. The Morgan fingerprint density at radius 2 is 1.70 bits per heavy atom. The van der Waals surface area contributed by atoms with Crippen LogP contribution in [-0.2, 0) is 24.3 Å². The van der Waals surface area contributed by atoms with E-state index in [1.54, 1.807) is 0 Å². The molecule has 0 spiro atoms. The number of rotatable bonds is 7. The number of carbonyl (C=O) groups is 1. The summed E-state index contributed by atoms with van der Waals surface area (Å²) in [5.74, 6) is 0.120. The summed E-state index contributed by atoms with van der Waals surface area (Å²) < 4.78 is 0. The van der Waals surface area contributed by atoms with E-state index in [1.165, 1.54) is 60.2 Å². The minimum absolute atomic E-state index is 0.120. The maximum atomic E-state index is 12.2. The molecule has 3 heteroatoms. The number of nitrogens with one attached hydrogen (secondary N) is 1. The van der Waals surface area contributed by atoms with Gasteiger partial charge in [-0.25, -0.2) is 0 Å². The summed E-state index contributed by atoms with van der Waals surface area (Å²) in [6.45, 7) is 8.29. The number of piperidine rings is 1. The molecule has 1 aliphatic heterocycles. The molecule has 27 heavy (non-hydrogen) atoms. The van der Waals surface area contributed by atoms with E-state index in [-0.39, 0.29) is 5.91 Å². The van der Waals surface area contributed by atoms with Gasteiger partial charge < -0.3 is 5.32 Å². The molecule has 1 saturated heterocycles. The van der Waals surface area contributed by atoms with Gasteiger partial charge in [0.05, 0.1) is 0 Å². The molecule has 144 valence electrons. The van der Waals surface area contributed by atoms with Crippen LogP contribution in [0.2, 0.25) is 0 Å². The fraction of sp³-hybridized carbons (Fsp3) is 0.458. The first-order valence-corrected chi connectivity index (χ1v) is 10.2. The number of likely N-dealkylation sites (tertiary alicyclic amines) is 1. The third-order valence-corrected chi connectivity index (χ3v) is 5.55. The van der Waals surface area contributed by atoms with Crippen LogP contribution in [0.4, 0.5) is 0 Å². The van der Waals surface area contributed by atoms with E-state index in [0.29, 0.717) is 13.0 Å². The molecule has 1 heterocycles. The van der Waals surface area contributed by atoms with Crippen molar-refractivity contribution >= 4 is 5.91 Å². The summed E-state index contributed by atoms with van der Waals surface area (Å²) in [7, 11) is 0. The zero-order chi connectivity index (χ0) is 19.1. The lowest BCUT2D eigenvalue weighted by molar-refractivity contribution is -0.121. The van der Waals surface area contributed by atoms with Crippen molar-refractivity contribution < 1.29 is 4.79 Å². The van der Waals surface area contributed by atoms with Crippen molar-refractivity contribution in [1.29, 1.82) is 0 Å². The first-order valence-electron chi connectivity index (χ1n) is 10.2. The summed E-state index contributed by atoms with van der Waals surface area (Å²) in [6, 6.07) is 15.1. The number of carbonyl (C=O) groups excluding carboxylic acids is 1. The SMILES string of the molecule is Cc1ccc(CCC(=O)NCc2cccc(CN3CCCCC3)c2)cc1C. The molecule has 1 aliphatic rings. The molecule has 0 radical (unpaired) electrons. The molecular formula is C24H32N2O. The Morgan fingerprint density at radius 1 is 0.926 bits per heavy atom. The zero-order valence-corrected chi connectivity index (χ0v) is 16.8. The molecule has 0 saturated carbocycles. The van der Waals surface area contributed by atoms with Gasteiger partial charge in [0, 0.05) is 19.5 Å². The van der Waals surface area contributed by atoms with Gasteiger partial charge in [-0.2, -0.15) is 0 Å². The van der Waals surface area contributed by atoms with Crippen molar-refractivity contribution in [3.63, 3.8) is 0 Å². The molecule has 1 amide bonds. The molecule has 3 rings (SSSR count). The lowest BCUT2D eigenvalue weighted by Gasteiger charge is -2.26. The van der Waals surface area contributed by atoms with Gasteiger partial charge in [0.25, 0.3) is 0 Å². The van der Waals surface area contributed by atoms with Crippen molar-refractivity contribution in [3.05, 3.63) is 70.3 Å². The quantitative estimate of drug-likeness (QED) is 0.782. The van der Waals surface area contributed by atoms with Gasteiger partial charge in [0.1, 0.15) is 0 Å². The lowest BCUT2D eigenvalue weighted by atomic mass is 10.0. The van der Waals surface area contributed by atoms with Gasteiger partial charge in [-0.3, -0.25) is 9.69 Å². The van der Waals surface area contributed by atoms with E-state index in [1.807, 2.05) is 0 Å². The summed E-state index contributed by atoms with van der Waals surface area (Å²) >= 11 is 0. The van der Waals surface area contributed by atoms with Crippen LogP contribution in [0.3, 0.4) is 0 Å². The van der Waals surface area contributed by atoms with Crippen molar-refractivity contribution in [2.75, 3.05) is 13.1 Å². The fourth-order valence-electron chi connectivity index (χ4n) is 3.72. The van der Waals surface area contributed by atoms with Crippen LogP contribution >= 0.6 is 0 Å². The summed E-state index contributed by atoms with van der Waals surface area (Å²) in [6.07, 6.45) is 5.33. The Labute approximate surface area is 163 Å². The number of nitrogens with zero attached hydrogens (tertiary/aromatic N) is 1. The van der Waals surface area contributed by atoms with Crippen LogP contribution in [0, 0.1) is 13.8 Å². The Hall–Kier alpha value is -2.13. The maximum Gasteiger partial charge on any atom is 0.220 e. The van der Waals surface area contributed by atoms with Gasteiger partial charge in [0.2, 0.25) is 5.91 Å². The highest BCUT2D eigenvalue weighted by atomic mass is 16.1. The molecule has 1 fully saturated rings. The number of hydrogen-bond donors (Lipinski definition) is 1. The van der Waals surface area contributed by atoms with E-state index >= 15 is 0 Å². The predicted molar refractivity (Wildman–Crippen MR) is 112 cm³/mol. The van der Waals surface area contributed by atoms with Gasteiger partial charge >= 0.3 is 0 Å². The van der Waals surface area contributed by atoms with Crippen molar-refractivity contribution in [1.82, 2.24) is 10.2 Å². The Morgan fingerprint density at radius 3 is 2.48 bits per heavy atom. The average molecular weight is 365 g/mol. The molecule has 1 N–H and O–H groups in total. The second kappa shape index (κ2) is 9.70. The highest BCUT2D eigenvalue weighted by molar-refractivity contribution is 5.76. The molecule has 0 aliphatic carbocycles. The fourth-order valence-corrected chi connectivity index (χ4v) is 3.72. The normalized spacial score (nSPS) is 14.9. The van der Waals surface area contributed by atoms with Gasteiger partial charge in [-0.15, -0.1) is 0 Å². The highest BCUT2D eigenvalue weighted by Crippen LogP contribution is 2.14. The van der Waals surface area contributed by atoms with Crippen LogP contribution in [0.15, 0.2) is 42.5 Å². The minimum atomic E-state index is 0.120. The molecule has 2 aromatic carbocycles. The van der Waals surface area contributed by atoms with E-state index in [9.17, 15) is 4.79 Å². The smallest absolute Gasteiger partial charge is 0.220 e. The Balaban J connectivity index is 1.45. The topological polar surface area (TPSA) is 32.3 Å². The molecule has 0 bridgehead atoms. The van der Waals surface area contributed by atoms with Crippen LogP contribution in [0.5, 0.6) is 0 Å². The first kappa shape index (κ1) is 19.6. The number of benzene rings is 2. The standard InChI is InChI=1S/C24H32N2O/c1-19-9-10-21(15-20(19)2)11-12-24(27)25-17-22-7-6-8-23(16-22)18-26-13-4-3-5-14-26/h6-10,15-16H,3-5,11-14,17-18H2,1-2H3,(H,25,27). The van der Waals surface area contributed by atoms with Gasteiger partial charge in [-0.05, 0) is 74.0 Å². The van der Waals surface area contributed by atoms with Crippen molar-refractivity contribution in [3.8, 4) is 0 Å². The van der Waals surface area contributed by atoms with Gasteiger partial charge in [0.15, 0.2) is 0 Å². The number of hydrogen-bond acceptors (Lipinski definition) is 2. The summed E-state index contributed by atoms with van der Waals surface area (Å²) in [4.78, 5) is 14.8. The number of amides is 1. The highest BCUT2D eigenvalue weighted by Gasteiger charge is 2.10. The number of aryl methyl sites for hydroxylation is 3. The molecule has 2 aromatic rings. The van der Waals surface area contributed by atoms with Crippen molar-refractivity contribution in [2.45, 2.75) is 59.0 Å². The zero-order valence-electron chi connectivity index (χ0n) is 16.8. The monoisotopic (exact) mass is 364 g/mol. The molecule has 0 unspecified atom stereocenters. The predicted octanol–water partition coefficient (Wildman–Crippen LogP) is 4.54. The van der Waals surface area contributed by atoms with E-state index < -0.39 is 0 Å². The summed E-state index contributed by atoms with van der Waals surface area (Å²) in [5, 5.41) is 3.07. The first-order chi connectivity index (χ1) is 13.1. The van der Waals surface area contributed by atoms with E-state index in [2.05, 4.69) is 66.5 Å². The molecular weight excluding hydrogens is 332 g/mol. The second-order valence-electron chi connectivity index (χ2n) is 7.85. The maximum absolute atomic E-state index is 12.2. The van der Waals surface area contributed by atoms with Crippen molar-refractivity contribution in [2.24, 2.45) is 0 Å². The van der Waals surface area contributed by atoms with Crippen LogP contribution in [0.25, 0.3) is 0 Å². The second-order valence-corrected chi connectivity index (χ2v) is 7.85.